The number of hydrazone groups is 1. The van der Waals surface area contributed by atoms with Crippen molar-refractivity contribution in [2.45, 2.75) is 25.7 Å². The second-order valence-electron chi connectivity index (χ2n) is 5.27. The molecule has 2 N–H and O–H groups in total. The number of ether oxygens (including phenoxy) is 1. The van der Waals surface area contributed by atoms with Gasteiger partial charge in [-0.25, -0.2) is 14.6 Å². The molecule has 2 aromatic rings. The van der Waals surface area contributed by atoms with Crippen LogP contribution < -0.4 is 10.7 Å². The number of aromatic nitrogens is 1. The van der Waals surface area contributed by atoms with E-state index in [0.717, 1.165) is 23.3 Å². The highest BCUT2D eigenvalue weighted by atomic mass is 32.2. The molecule has 0 atom stereocenters. The minimum Gasteiger partial charge on any atom is -0.450 e. The van der Waals surface area contributed by atoms with Crippen LogP contribution in [0.25, 0.3) is 0 Å². The van der Waals surface area contributed by atoms with Gasteiger partial charge in [0.25, 0.3) is 0 Å². The zero-order valence-electron chi connectivity index (χ0n) is 15.0. The molecule has 7 nitrogen and oxygen atoms in total. The van der Waals surface area contributed by atoms with Gasteiger partial charge in [0.15, 0.2) is 0 Å². The molecule has 0 bridgehead atoms. The summed E-state index contributed by atoms with van der Waals surface area (Å²) in [6.07, 6.45) is -0.583. The summed E-state index contributed by atoms with van der Waals surface area (Å²) in [5.41, 5.74) is 4.21. The van der Waals surface area contributed by atoms with Crippen molar-refractivity contribution in [2.75, 3.05) is 17.7 Å². The van der Waals surface area contributed by atoms with Gasteiger partial charge < -0.3 is 4.74 Å². The molecule has 2 rings (SSSR count). The summed E-state index contributed by atoms with van der Waals surface area (Å²) in [7, 11) is 0. The number of aryl methyl sites for hydroxylation is 1. The molecule has 1 aromatic carbocycles. The lowest BCUT2D eigenvalue weighted by molar-refractivity contribution is -0.118. The summed E-state index contributed by atoms with van der Waals surface area (Å²) in [5.74, 6) is -0.722. The third kappa shape index (κ3) is 6.04. The molecule has 144 valence electrons. The molecule has 0 unspecified atom stereocenters. The Morgan fingerprint density at radius 1 is 1.37 bits per heavy atom. The number of thioether (sulfide) groups is 1. The molecule has 0 fully saturated rings. The molecule has 2 amide bonds. The molecule has 0 aliphatic rings. The number of nitrogens with one attached hydrogen (secondary N) is 2. The molecule has 0 radical (unpaired) electrons. The summed E-state index contributed by atoms with van der Waals surface area (Å²) >= 11 is 2.19. The minimum absolute atomic E-state index is 0.0204. The first-order chi connectivity index (χ1) is 12.9. The zero-order valence-corrected chi connectivity index (χ0v) is 16.7. The van der Waals surface area contributed by atoms with Crippen molar-refractivity contribution in [3.63, 3.8) is 0 Å². The number of amides is 2. The fourth-order valence-corrected chi connectivity index (χ4v) is 3.65. The maximum atomic E-state index is 13.6. The van der Waals surface area contributed by atoms with Gasteiger partial charge in [-0.1, -0.05) is 12.1 Å². The predicted octanol–water partition coefficient (Wildman–Crippen LogP) is 3.79. The first-order valence-corrected chi connectivity index (χ1v) is 9.79. The second kappa shape index (κ2) is 10.0. The van der Waals surface area contributed by atoms with E-state index in [9.17, 15) is 14.0 Å². The Bertz CT molecular complexity index is 854. The summed E-state index contributed by atoms with van der Waals surface area (Å²) in [6, 6.07) is 6.24. The Hall–Kier alpha value is -2.46. The largest absolute Gasteiger partial charge is 0.450 e. The molecule has 0 spiro atoms. The highest BCUT2D eigenvalue weighted by Gasteiger charge is 2.16. The van der Waals surface area contributed by atoms with Crippen molar-refractivity contribution in [2.24, 2.45) is 5.10 Å². The molecule has 10 heteroatoms. The monoisotopic (exact) mass is 410 g/mol. The number of nitrogens with zero attached hydrogens (tertiary/aromatic N) is 2. The molecular weight excluding hydrogens is 391 g/mol. The minimum atomic E-state index is -0.583. The fraction of sp³-hybridized carbons (Fsp3) is 0.294. The third-order valence-corrected chi connectivity index (χ3v) is 5.16. The van der Waals surface area contributed by atoms with E-state index in [0.29, 0.717) is 26.9 Å². The smallest absolute Gasteiger partial charge is 0.412 e. The summed E-state index contributed by atoms with van der Waals surface area (Å²) in [6.45, 7) is 5.43. The van der Waals surface area contributed by atoms with Crippen LogP contribution in [0.15, 0.2) is 34.3 Å². The van der Waals surface area contributed by atoms with Crippen LogP contribution in [0.5, 0.6) is 0 Å². The van der Waals surface area contributed by atoms with Crippen molar-refractivity contribution in [1.29, 1.82) is 0 Å². The Morgan fingerprint density at radius 2 is 2.11 bits per heavy atom. The molecule has 0 aliphatic carbocycles. The molecular formula is C17H19FN4O3S2. The molecule has 0 aliphatic heterocycles. The van der Waals surface area contributed by atoms with Crippen LogP contribution >= 0.6 is 23.3 Å². The fourth-order valence-electron chi connectivity index (χ4n) is 2.08. The van der Waals surface area contributed by atoms with Gasteiger partial charge in [-0.2, -0.15) is 9.47 Å². The van der Waals surface area contributed by atoms with E-state index in [-0.39, 0.29) is 24.1 Å². The third-order valence-electron chi connectivity index (χ3n) is 3.26. The van der Waals surface area contributed by atoms with Gasteiger partial charge in [-0.15, -0.1) is 11.8 Å². The van der Waals surface area contributed by atoms with Crippen molar-refractivity contribution < 1.29 is 18.7 Å². The van der Waals surface area contributed by atoms with Gasteiger partial charge in [0.05, 0.1) is 29.3 Å². The van der Waals surface area contributed by atoms with Crippen molar-refractivity contribution in [3.05, 3.63) is 41.3 Å². The van der Waals surface area contributed by atoms with E-state index in [1.54, 1.807) is 39.0 Å². The lowest BCUT2D eigenvalue weighted by Gasteiger charge is -2.07. The molecule has 1 aromatic heterocycles. The van der Waals surface area contributed by atoms with Gasteiger partial charge in [0, 0.05) is 4.90 Å². The average Bonchev–Trinajstić information content (AvgIpc) is 2.99. The van der Waals surface area contributed by atoms with Crippen molar-refractivity contribution in [3.8, 4) is 0 Å². The average molecular weight is 410 g/mol. The standard InChI is InChI=1S/C17H19FN4O3S2/c1-4-25-17(24)19-16-15(11(3)22-27-16)10(2)20-21-14(23)9-26-13-8-6-5-7-12(13)18/h5-8H,4,9H2,1-3H3,(H,19,24)(H,21,23)/b20-10+. The Balaban J connectivity index is 1.99. The van der Waals surface area contributed by atoms with Crippen molar-refractivity contribution in [1.82, 2.24) is 9.80 Å². The predicted molar refractivity (Wildman–Crippen MR) is 105 cm³/mol. The lowest BCUT2D eigenvalue weighted by Crippen LogP contribution is -2.22. The maximum absolute atomic E-state index is 13.6. The first-order valence-electron chi connectivity index (χ1n) is 8.03. The van der Waals surface area contributed by atoms with E-state index >= 15 is 0 Å². The number of hydrogen-bond acceptors (Lipinski definition) is 7. The van der Waals surface area contributed by atoms with Gasteiger partial charge in [-0.3, -0.25) is 10.1 Å². The molecule has 27 heavy (non-hydrogen) atoms. The Kier molecular flexibility index (Phi) is 7.74. The van der Waals surface area contributed by atoms with Crippen LogP contribution in [-0.2, 0) is 9.53 Å². The molecule has 0 saturated heterocycles. The van der Waals surface area contributed by atoms with E-state index in [4.69, 9.17) is 4.74 Å². The quantitative estimate of drug-likeness (QED) is 0.412. The van der Waals surface area contributed by atoms with Gasteiger partial charge in [-0.05, 0) is 44.4 Å². The number of anilines is 1. The van der Waals surface area contributed by atoms with Crippen LogP contribution in [0.1, 0.15) is 25.1 Å². The van der Waals surface area contributed by atoms with E-state index < -0.39 is 6.09 Å². The van der Waals surface area contributed by atoms with E-state index in [2.05, 4.69) is 20.2 Å². The summed E-state index contributed by atoms with van der Waals surface area (Å²) in [5, 5.41) is 7.16. The zero-order chi connectivity index (χ0) is 19.8. The highest BCUT2D eigenvalue weighted by molar-refractivity contribution is 8.00. The van der Waals surface area contributed by atoms with E-state index in [1.807, 2.05) is 0 Å². The SMILES string of the molecule is CCOC(=O)Nc1snc(C)c1/C(C)=N/NC(=O)CSc1ccccc1F. The van der Waals surface area contributed by atoms with Gasteiger partial charge in [0.2, 0.25) is 5.91 Å². The Labute approximate surface area is 164 Å². The van der Waals surface area contributed by atoms with Gasteiger partial charge >= 0.3 is 6.09 Å². The number of carbonyl (C=O) groups excluding carboxylic acids is 2. The number of halogens is 1. The van der Waals surface area contributed by atoms with Crippen LogP contribution in [0, 0.1) is 12.7 Å². The Morgan fingerprint density at radius 3 is 2.81 bits per heavy atom. The number of carbonyl (C=O) groups is 2. The number of hydrogen-bond donors (Lipinski definition) is 2. The van der Waals surface area contributed by atoms with E-state index in [1.165, 1.54) is 6.07 Å². The summed E-state index contributed by atoms with van der Waals surface area (Å²) < 4.78 is 22.6. The summed E-state index contributed by atoms with van der Waals surface area (Å²) in [4.78, 5) is 24.0. The van der Waals surface area contributed by atoms with Crippen LogP contribution in [0.3, 0.4) is 0 Å². The number of benzene rings is 1. The second-order valence-corrected chi connectivity index (χ2v) is 7.06. The number of rotatable bonds is 7. The first kappa shape index (κ1) is 20.8. The lowest BCUT2D eigenvalue weighted by atomic mass is 10.2. The van der Waals surface area contributed by atoms with Crippen LogP contribution in [-0.4, -0.2) is 34.4 Å². The molecule has 1 heterocycles. The van der Waals surface area contributed by atoms with Crippen LogP contribution in [0.4, 0.5) is 14.2 Å². The van der Waals surface area contributed by atoms with Crippen molar-refractivity contribution >= 4 is 46.0 Å². The van der Waals surface area contributed by atoms with Crippen LogP contribution in [0.2, 0.25) is 0 Å². The normalized spacial score (nSPS) is 11.2. The molecule has 0 saturated carbocycles. The van der Waals surface area contributed by atoms with Gasteiger partial charge in [0.1, 0.15) is 10.8 Å². The topological polar surface area (TPSA) is 92.7 Å². The highest BCUT2D eigenvalue weighted by Crippen LogP contribution is 2.25. The maximum Gasteiger partial charge on any atom is 0.412 e.